The molecule has 2 aromatic rings. The lowest BCUT2D eigenvalue weighted by atomic mass is 9.98. The number of hydrogen-bond donors (Lipinski definition) is 0. The fourth-order valence-electron chi connectivity index (χ4n) is 2.10. The zero-order valence-electron chi connectivity index (χ0n) is 11.9. The normalized spacial score (nSPS) is 10.5. The third-order valence-corrected chi connectivity index (χ3v) is 3.62. The molecule has 0 saturated carbocycles. The molecule has 0 radical (unpaired) electrons. The van der Waals surface area contributed by atoms with Crippen LogP contribution in [0.4, 0.5) is 0 Å². The zero-order chi connectivity index (χ0) is 13.8. The van der Waals surface area contributed by atoms with E-state index in [1.165, 1.54) is 16.7 Å². The Bertz CT molecular complexity index is 579. The van der Waals surface area contributed by atoms with Crippen molar-refractivity contribution in [1.29, 1.82) is 0 Å². The molecule has 0 N–H and O–H groups in total. The van der Waals surface area contributed by atoms with E-state index in [-0.39, 0.29) is 5.78 Å². The molecular weight excluding hydrogens is 232 g/mol. The molecule has 1 heteroatoms. The number of benzene rings is 2. The Labute approximate surface area is 115 Å². The Morgan fingerprint density at radius 2 is 1.53 bits per heavy atom. The first-order valence-corrected chi connectivity index (χ1v) is 6.78. The molecule has 0 atom stereocenters. The molecule has 98 valence electrons. The molecule has 19 heavy (non-hydrogen) atoms. The summed E-state index contributed by atoms with van der Waals surface area (Å²) < 4.78 is 0. The fourth-order valence-corrected chi connectivity index (χ4v) is 2.10. The summed E-state index contributed by atoms with van der Waals surface area (Å²) >= 11 is 0. The molecule has 0 aliphatic heterocycles. The number of ketones is 1. The van der Waals surface area contributed by atoms with Crippen molar-refractivity contribution in [2.24, 2.45) is 0 Å². The summed E-state index contributed by atoms with van der Waals surface area (Å²) in [7, 11) is 0. The molecular formula is C18H20O. The van der Waals surface area contributed by atoms with Gasteiger partial charge in [-0.15, -0.1) is 0 Å². The summed E-state index contributed by atoms with van der Waals surface area (Å²) in [6, 6.07) is 14.2. The molecule has 0 amide bonds. The van der Waals surface area contributed by atoms with Crippen molar-refractivity contribution in [3.05, 3.63) is 70.3 Å². The maximum Gasteiger partial charge on any atom is 0.167 e. The molecule has 0 heterocycles. The van der Waals surface area contributed by atoms with Crippen LogP contribution in [0.3, 0.4) is 0 Å². The third kappa shape index (κ3) is 3.31. The van der Waals surface area contributed by atoms with Gasteiger partial charge >= 0.3 is 0 Å². The van der Waals surface area contributed by atoms with Crippen LogP contribution in [-0.4, -0.2) is 5.78 Å². The summed E-state index contributed by atoms with van der Waals surface area (Å²) in [5.41, 5.74) is 5.60. The highest BCUT2D eigenvalue weighted by Gasteiger charge is 2.08. The van der Waals surface area contributed by atoms with Crippen LogP contribution < -0.4 is 0 Å². The van der Waals surface area contributed by atoms with Crippen molar-refractivity contribution >= 4 is 5.78 Å². The average molecular weight is 252 g/mol. The molecule has 0 bridgehead atoms. The Morgan fingerprint density at radius 1 is 0.895 bits per heavy atom. The van der Waals surface area contributed by atoms with Crippen LogP contribution in [0.25, 0.3) is 0 Å². The molecule has 0 saturated heterocycles. The van der Waals surface area contributed by atoms with Gasteiger partial charge in [0.25, 0.3) is 0 Å². The van der Waals surface area contributed by atoms with E-state index in [2.05, 4.69) is 38.1 Å². The highest BCUT2D eigenvalue weighted by molar-refractivity contribution is 5.97. The summed E-state index contributed by atoms with van der Waals surface area (Å²) in [6.07, 6.45) is 1.51. The number of carbonyl (C=O) groups excluding carboxylic acids is 1. The van der Waals surface area contributed by atoms with Crippen molar-refractivity contribution in [2.75, 3.05) is 0 Å². The Kier molecular flexibility index (Phi) is 4.16. The van der Waals surface area contributed by atoms with Gasteiger partial charge < -0.3 is 0 Å². The summed E-state index contributed by atoms with van der Waals surface area (Å²) in [4.78, 5) is 12.2. The van der Waals surface area contributed by atoms with Crippen LogP contribution in [0, 0.1) is 13.8 Å². The van der Waals surface area contributed by atoms with Crippen molar-refractivity contribution < 1.29 is 4.79 Å². The van der Waals surface area contributed by atoms with Gasteiger partial charge in [-0.05, 0) is 48.6 Å². The first-order chi connectivity index (χ1) is 9.10. The minimum Gasteiger partial charge on any atom is -0.294 e. The second-order valence-corrected chi connectivity index (χ2v) is 5.07. The van der Waals surface area contributed by atoms with Crippen LogP contribution >= 0.6 is 0 Å². The molecule has 2 rings (SSSR count). The fraction of sp³-hybridized carbons (Fsp3) is 0.278. The number of Topliss-reactive ketones (excluding diaryl/α,β-unsaturated/α-hetero) is 1. The van der Waals surface area contributed by atoms with Crippen LogP contribution in [0.5, 0.6) is 0 Å². The van der Waals surface area contributed by atoms with Crippen LogP contribution in [0.1, 0.15) is 39.5 Å². The van der Waals surface area contributed by atoms with E-state index in [1.807, 2.05) is 25.1 Å². The van der Waals surface area contributed by atoms with Crippen LogP contribution in [0.15, 0.2) is 42.5 Å². The van der Waals surface area contributed by atoms with Crippen LogP contribution in [0.2, 0.25) is 0 Å². The van der Waals surface area contributed by atoms with E-state index in [9.17, 15) is 4.79 Å². The van der Waals surface area contributed by atoms with E-state index >= 15 is 0 Å². The van der Waals surface area contributed by atoms with E-state index in [0.717, 1.165) is 17.5 Å². The van der Waals surface area contributed by atoms with Gasteiger partial charge in [-0.2, -0.15) is 0 Å². The second-order valence-electron chi connectivity index (χ2n) is 5.07. The predicted molar refractivity (Wildman–Crippen MR) is 79.8 cm³/mol. The SMILES string of the molecule is CCc1ccc(CC(=O)c2ccc(C)c(C)c2)cc1. The minimum atomic E-state index is 0.187. The van der Waals surface area contributed by atoms with Crippen LogP contribution in [-0.2, 0) is 12.8 Å². The number of carbonyl (C=O) groups is 1. The standard InChI is InChI=1S/C18H20O/c1-4-15-6-8-16(9-7-15)12-18(19)17-10-5-13(2)14(3)11-17/h5-11H,4,12H2,1-3H3. The second kappa shape index (κ2) is 5.83. The number of aryl methyl sites for hydroxylation is 3. The predicted octanol–water partition coefficient (Wildman–Crippen LogP) is 4.29. The minimum absolute atomic E-state index is 0.187. The van der Waals surface area contributed by atoms with Gasteiger partial charge in [-0.3, -0.25) is 4.79 Å². The van der Waals surface area contributed by atoms with Crippen molar-refractivity contribution in [3.8, 4) is 0 Å². The van der Waals surface area contributed by atoms with Crippen molar-refractivity contribution in [3.63, 3.8) is 0 Å². The largest absolute Gasteiger partial charge is 0.294 e. The van der Waals surface area contributed by atoms with E-state index < -0.39 is 0 Å². The van der Waals surface area contributed by atoms with E-state index in [1.54, 1.807) is 0 Å². The highest BCUT2D eigenvalue weighted by atomic mass is 16.1. The van der Waals surface area contributed by atoms with Crippen molar-refractivity contribution in [1.82, 2.24) is 0 Å². The third-order valence-electron chi connectivity index (χ3n) is 3.62. The van der Waals surface area contributed by atoms with Gasteiger partial charge in [-0.25, -0.2) is 0 Å². The van der Waals surface area contributed by atoms with Gasteiger partial charge in [-0.1, -0.05) is 43.3 Å². The summed E-state index contributed by atoms with van der Waals surface area (Å²) in [6.45, 7) is 6.24. The Morgan fingerprint density at radius 3 is 2.11 bits per heavy atom. The molecule has 0 unspecified atom stereocenters. The maximum atomic E-state index is 12.2. The first-order valence-electron chi connectivity index (χ1n) is 6.78. The summed E-state index contributed by atoms with van der Waals surface area (Å²) in [5, 5.41) is 0. The molecule has 1 nitrogen and oxygen atoms in total. The Hall–Kier alpha value is -1.89. The molecule has 0 aromatic heterocycles. The quantitative estimate of drug-likeness (QED) is 0.742. The molecule has 2 aromatic carbocycles. The Balaban J connectivity index is 2.13. The molecule has 0 aliphatic rings. The number of hydrogen-bond acceptors (Lipinski definition) is 1. The summed E-state index contributed by atoms with van der Waals surface area (Å²) in [5.74, 6) is 0.187. The van der Waals surface area contributed by atoms with Gasteiger partial charge in [0.1, 0.15) is 0 Å². The average Bonchev–Trinajstić information content (AvgIpc) is 2.42. The first kappa shape index (κ1) is 13.5. The lowest BCUT2D eigenvalue weighted by molar-refractivity contribution is 0.0993. The van der Waals surface area contributed by atoms with Crippen molar-refractivity contribution in [2.45, 2.75) is 33.6 Å². The molecule has 0 fully saturated rings. The monoisotopic (exact) mass is 252 g/mol. The van der Waals surface area contributed by atoms with Gasteiger partial charge in [0, 0.05) is 12.0 Å². The van der Waals surface area contributed by atoms with Gasteiger partial charge in [0.15, 0.2) is 5.78 Å². The topological polar surface area (TPSA) is 17.1 Å². The highest BCUT2D eigenvalue weighted by Crippen LogP contribution is 2.13. The zero-order valence-corrected chi connectivity index (χ0v) is 11.9. The van der Waals surface area contributed by atoms with E-state index in [0.29, 0.717) is 6.42 Å². The number of rotatable bonds is 4. The molecule has 0 aliphatic carbocycles. The van der Waals surface area contributed by atoms with Gasteiger partial charge in [0.2, 0.25) is 0 Å². The smallest absolute Gasteiger partial charge is 0.167 e. The maximum absolute atomic E-state index is 12.2. The van der Waals surface area contributed by atoms with Gasteiger partial charge in [0.05, 0.1) is 0 Å². The lowest BCUT2D eigenvalue weighted by Gasteiger charge is -2.05. The lowest BCUT2D eigenvalue weighted by Crippen LogP contribution is -2.04. The molecule has 0 spiro atoms. The van der Waals surface area contributed by atoms with E-state index in [4.69, 9.17) is 0 Å².